The molecule has 0 aliphatic rings. The monoisotopic (exact) mass is 263 g/mol. The number of carboxylic acids is 2. The molecule has 91 valence electrons. The summed E-state index contributed by atoms with van der Waals surface area (Å²) in [4.78, 5) is 20.8. The summed E-state index contributed by atoms with van der Waals surface area (Å²) in [5, 5.41) is 19.5. The van der Waals surface area contributed by atoms with Crippen LogP contribution >= 0.6 is 0 Å². The zero-order chi connectivity index (χ0) is 11.0. The summed E-state index contributed by atoms with van der Waals surface area (Å²) in [5.41, 5.74) is 5.25. The zero-order valence-corrected chi connectivity index (χ0v) is 9.28. The Balaban J connectivity index is 0. The smallest absolute Gasteiger partial charge is 0.320 e. The van der Waals surface area contributed by atoms with Crippen molar-refractivity contribution in [1.82, 2.24) is 5.32 Å². The fourth-order valence-corrected chi connectivity index (χ4v) is 1.02. The van der Waals surface area contributed by atoms with Crippen molar-refractivity contribution in [3.05, 3.63) is 0 Å². The van der Waals surface area contributed by atoms with Gasteiger partial charge in [-0.3, -0.25) is 14.9 Å². The molecule has 0 aromatic carbocycles. The average molecular weight is 263 g/mol. The molecule has 0 heterocycles. The van der Waals surface area contributed by atoms with Crippen molar-refractivity contribution in [3.8, 4) is 0 Å². The zero-order valence-electron chi connectivity index (χ0n) is 8.23. The molecule has 0 saturated carbocycles. The minimum atomic E-state index is -1.06. The summed E-state index contributed by atoms with van der Waals surface area (Å²) in [5.74, 6) is -2.08. The Morgan fingerprint density at radius 3 is 2.27 bits per heavy atom. The van der Waals surface area contributed by atoms with Crippen LogP contribution in [-0.2, 0) is 26.4 Å². The van der Waals surface area contributed by atoms with Gasteiger partial charge in [0.2, 0.25) is 0 Å². The summed E-state index contributed by atoms with van der Waals surface area (Å²) in [6.45, 7) is 0.185. The van der Waals surface area contributed by atoms with Crippen LogP contribution in [-0.4, -0.2) is 41.3 Å². The third-order valence-electron chi connectivity index (χ3n) is 1.74. The normalized spacial score (nSPS) is 11.5. The second-order valence-corrected chi connectivity index (χ2v) is 2.95. The predicted molar refractivity (Wildman–Crippen MR) is 50.0 cm³/mol. The number of carbonyl (C=O) groups is 2. The van der Waals surface area contributed by atoms with Crippen LogP contribution in [0.2, 0.25) is 0 Å². The van der Waals surface area contributed by atoms with Gasteiger partial charge < -0.3 is 15.9 Å². The van der Waals surface area contributed by atoms with Crippen LogP contribution < -0.4 is 11.1 Å². The van der Waals surface area contributed by atoms with E-state index in [0.29, 0.717) is 19.4 Å². The molecule has 0 saturated heterocycles. The van der Waals surface area contributed by atoms with E-state index < -0.39 is 18.0 Å². The second kappa shape index (κ2) is 9.90. The van der Waals surface area contributed by atoms with Crippen molar-refractivity contribution in [2.24, 2.45) is 5.73 Å². The van der Waals surface area contributed by atoms with Crippen molar-refractivity contribution >= 4 is 11.9 Å². The minimum absolute atomic E-state index is 0. The number of rotatable bonds is 8. The molecule has 5 N–H and O–H groups in total. The molecular weight excluding hydrogens is 247 g/mol. The van der Waals surface area contributed by atoms with E-state index >= 15 is 0 Å². The van der Waals surface area contributed by atoms with Crippen molar-refractivity contribution in [2.45, 2.75) is 25.3 Å². The molecule has 0 bridgehead atoms. The van der Waals surface area contributed by atoms with Crippen LogP contribution in [0, 0.1) is 0 Å². The summed E-state index contributed by atoms with van der Waals surface area (Å²) >= 11 is 0. The molecule has 6 nitrogen and oxygen atoms in total. The molecule has 0 amide bonds. The van der Waals surface area contributed by atoms with E-state index in [9.17, 15) is 9.59 Å². The van der Waals surface area contributed by atoms with Crippen LogP contribution in [0.25, 0.3) is 0 Å². The van der Waals surface area contributed by atoms with Gasteiger partial charge in [-0.15, -0.1) is 0 Å². The fraction of sp³-hybridized carbons (Fsp3) is 0.750. The fourth-order valence-electron chi connectivity index (χ4n) is 1.02. The first kappa shape index (κ1) is 16.8. The Labute approximate surface area is 98.4 Å². The maximum Gasteiger partial charge on any atom is 0.320 e. The molecule has 0 aliphatic heterocycles. The van der Waals surface area contributed by atoms with Gasteiger partial charge >= 0.3 is 11.9 Å². The van der Waals surface area contributed by atoms with Gasteiger partial charge in [-0.25, -0.2) is 0 Å². The molecule has 0 rings (SSSR count). The molecule has 15 heavy (non-hydrogen) atoms. The topological polar surface area (TPSA) is 113 Å². The molecule has 1 atom stereocenters. The van der Waals surface area contributed by atoms with E-state index in [0.717, 1.165) is 6.42 Å². The number of carboxylic acid groups (broad SMARTS) is 2. The van der Waals surface area contributed by atoms with E-state index in [1.165, 1.54) is 0 Å². The van der Waals surface area contributed by atoms with Gasteiger partial charge in [-0.2, -0.15) is 0 Å². The maximum atomic E-state index is 10.6. The number of hydrogen-bond acceptors (Lipinski definition) is 4. The molecule has 0 aliphatic carbocycles. The first-order chi connectivity index (χ1) is 6.57. The van der Waals surface area contributed by atoms with Crippen LogP contribution in [0.1, 0.15) is 19.3 Å². The van der Waals surface area contributed by atoms with Crippen molar-refractivity contribution in [3.63, 3.8) is 0 Å². The van der Waals surface area contributed by atoms with E-state index in [2.05, 4.69) is 5.32 Å². The van der Waals surface area contributed by atoms with Gasteiger partial charge in [0.15, 0.2) is 0 Å². The second-order valence-electron chi connectivity index (χ2n) is 2.95. The third kappa shape index (κ3) is 9.67. The summed E-state index contributed by atoms with van der Waals surface area (Å²) in [6, 6.07) is -0.794. The van der Waals surface area contributed by atoms with E-state index in [4.69, 9.17) is 15.9 Å². The summed E-state index contributed by atoms with van der Waals surface area (Å²) in [6.07, 6.45) is 1.83. The average Bonchev–Trinajstić information content (AvgIpc) is 2.10. The van der Waals surface area contributed by atoms with Gasteiger partial charge in [0.25, 0.3) is 0 Å². The maximum absolute atomic E-state index is 10.6. The Morgan fingerprint density at radius 1 is 1.27 bits per heavy atom. The first-order valence-electron chi connectivity index (χ1n) is 4.46. The van der Waals surface area contributed by atoms with Crippen molar-refractivity contribution in [2.75, 3.05) is 13.1 Å². The Kier molecular flexibility index (Phi) is 11.1. The molecule has 0 aromatic rings. The number of hydrogen-bond donors (Lipinski definition) is 4. The third-order valence-corrected chi connectivity index (χ3v) is 1.74. The molecular formula is C8H16CoN2O4. The van der Waals surface area contributed by atoms with E-state index in [1.807, 2.05) is 0 Å². The van der Waals surface area contributed by atoms with E-state index in [-0.39, 0.29) is 23.3 Å². The van der Waals surface area contributed by atoms with Crippen molar-refractivity contribution in [1.29, 1.82) is 0 Å². The van der Waals surface area contributed by atoms with Crippen LogP contribution in [0.4, 0.5) is 0 Å². The number of nitrogens with one attached hydrogen (secondary N) is 1. The number of aliphatic carboxylic acids is 2. The number of unbranched alkanes of at least 4 members (excludes halogenated alkanes) is 1. The van der Waals surface area contributed by atoms with Gasteiger partial charge in [0.1, 0.15) is 6.04 Å². The molecule has 0 unspecified atom stereocenters. The van der Waals surface area contributed by atoms with Crippen LogP contribution in [0.3, 0.4) is 0 Å². The Morgan fingerprint density at radius 2 is 1.87 bits per heavy atom. The molecule has 1 radical (unpaired) electrons. The molecule has 0 fully saturated rings. The Hall–Kier alpha value is -0.634. The predicted octanol–water partition coefficient (Wildman–Crippen LogP) is -0.760. The van der Waals surface area contributed by atoms with Crippen molar-refractivity contribution < 1.29 is 36.6 Å². The number of nitrogens with two attached hydrogens (primary N) is 1. The van der Waals surface area contributed by atoms with Gasteiger partial charge in [0, 0.05) is 16.8 Å². The molecule has 7 heteroatoms. The van der Waals surface area contributed by atoms with E-state index in [1.54, 1.807) is 0 Å². The Bertz CT molecular complexity index is 201. The summed E-state index contributed by atoms with van der Waals surface area (Å²) < 4.78 is 0. The van der Waals surface area contributed by atoms with Crippen LogP contribution in [0.5, 0.6) is 0 Å². The quantitative estimate of drug-likeness (QED) is 0.428. The largest absolute Gasteiger partial charge is 0.480 e. The minimum Gasteiger partial charge on any atom is -0.480 e. The van der Waals surface area contributed by atoms with Gasteiger partial charge in [-0.05, 0) is 19.4 Å². The first-order valence-corrected chi connectivity index (χ1v) is 4.46. The van der Waals surface area contributed by atoms with Crippen LogP contribution in [0.15, 0.2) is 0 Å². The standard InChI is InChI=1S/C8H16N2O4.Co/c9-4-2-1-3-6(8(13)14)10-5-7(11)12;/h6,10H,1-5,9H2,(H,11,12)(H,13,14);/t6-;/m0./s1. The SMILES string of the molecule is NCCCC[C@H](NCC(=O)O)C(=O)O.[Co]. The molecule has 0 aromatic heterocycles. The van der Waals surface area contributed by atoms with Gasteiger partial charge in [-0.1, -0.05) is 6.42 Å². The summed E-state index contributed by atoms with van der Waals surface area (Å²) in [7, 11) is 0. The van der Waals surface area contributed by atoms with Gasteiger partial charge in [0.05, 0.1) is 6.54 Å². The molecule has 0 spiro atoms.